The summed E-state index contributed by atoms with van der Waals surface area (Å²) in [6.45, 7) is 2.60. The summed E-state index contributed by atoms with van der Waals surface area (Å²) in [4.78, 5) is 0. The maximum atomic E-state index is 5.78. The summed E-state index contributed by atoms with van der Waals surface area (Å²) >= 11 is 1.68. The Hall–Kier alpha value is -1.32. The second-order valence-electron chi connectivity index (χ2n) is 3.78. The van der Waals surface area contributed by atoms with Gasteiger partial charge in [-0.15, -0.1) is 0 Å². The Labute approximate surface area is 99.7 Å². The predicted molar refractivity (Wildman–Crippen MR) is 67.7 cm³/mol. The van der Waals surface area contributed by atoms with Crippen molar-refractivity contribution in [1.29, 1.82) is 0 Å². The van der Waals surface area contributed by atoms with Gasteiger partial charge in [-0.3, -0.25) is 0 Å². The molecule has 2 N–H and O–H groups in total. The Kier molecular flexibility index (Phi) is 3.59. The van der Waals surface area contributed by atoms with Crippen molar-refractivity contribution in [3.8, 4) is 5.75 Å². The Balaban J connectivity index is 1.95. The third-order valence-electron chi connectivity index (χ3n) is 2.39. The number of nitrogens with two attached hydrogens (primary N) is 1. The molecule has 2 rings (SSSR count). The summed E-state index contributed by atoms with van der Waals surface area (Å²) in [5.74, 6) is 0.885. The third-order valence-corrected chi connectivity index (χ3v) is 3.12. The monoisotopic (exact) mass is 233 g/mol. The molecular weight excluding hydrogens is 218 g/mol. The summed E-state index contributed by atoms with van der Waals surface area (Å²) in [6, 6.07) is 10.1. The Morgan fingerprint density at radius 1 is 1.25 bits per heavy atom. The van der Waals surface area contributed by atoms with E-state index in [1.54, 1.807) is 11.3 Å². The van der Waals surface area contributed by atoms with E-state index in [1.807, 2.05) is 31.2 Å². The van der Waals surface area contributed by atoms with E-state index in [9.17, 15) is 0 Å². The summed E-state index contributed by atoms with van der Waals surface area (Å²) in [5.41, 5.74) is 8.11. The summed E-state index contributed by atoms with van der Waals surface area (Å²) in [7, 11) is 0. The first kappa shape index (κ1) is 11.2. The summed E-state index contributed by atoms with van der Waals surface area (Å²) in [6.07, 6.45) is 0. The molecule has 1 atom stereocenters. The number of ether oxygens (including phenoxy) is 1. The van der Waals surface area contributed by atoms with Crippen LogP contribution in [0.1, 0.15) is 24.1 Å². The zero-order valence-electron chi connectivity index (χ0n) is 9.22. The second-order valence-corrected chi connectivity index (χ2v) is 4.56. The van der Waals surface area contributed by atoms with Crippen LogP contribution in [0.5, 0.6) is 5.75 Å². The van der Waals surface area contributed by atoms with Gasteiger partial charge >= 0.3 is 0 Å². The quantitative estimate of drug-likeness (QED) is 0.879. The molecule has 0 saturated heterocycles. The van der Waals surface area contributed by atoms with Crippen LogP contribution in [0.25, 0.3) is 0 Å². The van der Waals surface area contributed by atoms with Gasteiger partial charge < -0.3 is 10.5 Å². The van der Waals surface area contributed by atoms with Gasteiger partial charge in [0.15, 0.2) is 0 Å². The minimum absolute atomic E-state index is 0.0749. The zero-order chi connectivity index (χ0) is 11.4. The van der Waals surface area contributed by atoms with E-state index in [0.29, 0.717) is 6.61 Å². The third kappa shape index (κ3) is 2.84. The molecule has 0 amide bonds. The molecule has 0 radical (unpaired) electrons. The van der Waals surface area contributed by atoms with Gasteiger partial charge in [0.05, 0.1) is 0 Å². The molecule has 84 valence electrons. The van der Waals surface area contributed by atoms with Crippen molar-refractivity contribution in [3.05, 3.63) is 52.2 Å². The fourth-order valence-corrected chi connectivity index (χ4v) is 2.06. The molecule has 1 aromatic heterocycles. The largest absolute Gasteiger partial charge is 0.489 e. The Morgan fingerprint density at radius 3 is 2.56 bits per heavy atom. The maximum absolute atomic E-state index is 5.78. The van der Waals surface area contributed by atoms with Crippen LogP contribution >= 0.6 is 11.3 Å². The fourth-order valence-electron chi connectivity index (χ4n) is 1.41. The Bertz CT molecular complexity index is 420. The lowest BCUT2D eigenvalue weighted by molar-refractivity contribution is 0.306. The molecule has 1 heterocycles. The Morgan fingerprint density at radius 2 is 2.00 bits per heavy atom. The summed E-state index contributed by atoms with van der Waals surface area (Å²) < 4.78 is 5.65. The molecule has 2 aromatic rings. The minimum atomic E-state index is 0.0749. The first-order valence-electron chi connectivity index (χ1n) is 5.25. The highest BCUT2D eigenvalue weighted by atomic mass is 32.1. The van der Waals surface area contributed by atoms with Crippen molar-refractivity contribution in [1.82, 2.24) is 0 Å². The van der Waals surface area contributed by atoms with E-state index < -0.39 is 0 Å². The van der Waals surface area contributed by atoms with Gasteiger partial charge in [-0.2, -0.15) is 11.3 Å². The van der Waals surface area contributed by atoms with Crippen LogP contribution in [0.4, 0.5) is 0 Å². The summed E-state index contributed by atoms with van der Waals surface area (Å²) in [5, 5.41) is 4.15. The normalized spacial score (nSPS) is 12.4. The van der Waals surface area contributed by atoms with E-state index in [2.05, 4.69) is 16.8 Å². The van der Waals surface area contributed by atoms with Crippen LogP contribution < -0.4 is 10.5 Å². The number of hydrogen-bond donors (Lipinski definition) is 1. The van der Waals surface area contributed by atoms with Gasteiger partial charge in [-0.05, 0) is 47.0 Å². The number of hydrogen-bond acceptors (Lipinski definition) is 3. The first-order chi connectivity index (χ1) is 7.75. The number of thiophene rings is 1. The van der Waals surface area contributed by atoms with Crippen LogP contribution in [-0.4, -0.2) is 0 Å². The van der Waals surface area contributed by atoms with Gasteiger partial charge in [-0.25, -0.2) is 0 Å². The molecule has 2 nitrogen and oxygen atoms in total. The lowest BCUT2D eigenvalue weighted by atomic mass is 10.1. The smallest absolute Gasteiger partial charge is 0.119 e. The van der Waals surface area contributed by atoms with E-state index in [4.69, 9.17) is 10.5 Å². The van der Waals surface area contributed by atoms with E-state index in [0.717, 1.165) is 11.3 Å². The highest BCUT2D eigenvalue weighted by Gasteiger charge is 2.00. The molecular formula is C13H15NOS. The molecule has 1 aromatic carbocycles. The molecule has 0 aliphatic heterocycles. The van der Waals surface area contributed by atoms with Crippen molar-refractivity contribution in [2.45, 2.75) is 19.6 Å². The molecule has 3 heteroatoms. The maximum Gasteiger partial charge on any atom is 0.119 e. The van der Waals surface area contributed by atoms with Crippen LogP contribution in [0, 0.1) is 0 Å². The van der Waals surface area contributed by atoms with Gasteiger partial charge in [0.1, 0.15) is 12.4 Å². The van der Waals surface area contributed by atoms with Gasteiger partial charge in [-0.1, -0.05) is 12.1 Å². The van der Waals surface area contributed by atoms with Crippen LogP contribution in [0.15, 0.2) is 41.1 Å². The highest BCUT2D eigenvalue weighted by molar-refractivity contribution is 7.07. The standard InChI is InChI=1S/C13H15NOS/c1-10(14)12-2-4-13(5-3-12)15-8-11-6-7-16-9-11/h2-7,9-10H,8,14H2,1H3. The van der Waals surface area contributed by atoms with E-state index in [1.165, 1.54) is 5.56 Å². The van der Waals surface area contributed by atoms with E-state index in [-0.39, 0.29) is 6.04 Å². The van der Waals surface area contributed by atoms with Crippen molar-refractivity contribution >= 4 is 11.3 Å². The average molecular weight is 233 g/mol. The van der Waals surface area contributed by atoms with Crippen molar-refractivity contribution in [3.63, 3.8) is 0 Å². The SMILES string of the molecule is CC(N)c1ccc(OCc2ccsc2)cc1. The van der Waals surface area contributed by atoms with Gasteiger partial charge in [0, 0.05) is 6.04 Å². The highest BCUT2D eigenvalue weighted by Crippen LogP contribution is 2.17. The number of rotatable bonds is 4. The van der Waals surface area contributed by atoms with Crippen molar-refractivity contribution < 1.29 is 4.74 Å². The topological polar surface area (TPSA) is 35.2 Å². The fraction of sp³-hybridized carbons (Fsp3) is 0.231. The molecule has 0 aliphatic carbocycles. The molecule has 0 spiro atoms. The van der Waals surface area contributed by atoms with Crippen molar-refractivity contribution in [2.24, 2.45) is 5.73 Å². The zero-order valence-corrected chi connectivity index (χ0v) is 10.0. The lowest BCUT2D eigenvalue weighted by Gasteiger charge is -2.08. The van der Waals surface area contributed by atoms with Crippen LogP contribution in [0.2, 0.25) is 0 Å². The minimum Gasteiger partial charge on any atom is -0.489 e. The lowest BCUT2D eigenvalue weighted by Crippen LogP contribution is -2.04. The molecule has 0 aliphatic rings. The van der Waals surface area contributed by atoms with Crippen LogP contribution in [-0.2, 0) is 6.61 Å². The second kappa shape index (κ2) is 5.14. The van der Waals surface area contributed by atoms with Crippen LogP contribution in [0.3, 0.4) is 0 Å². The van der Waals surface area contributed by atoms with Gasteiger partial charge in [0.25, 0.3) is 0 Å². The molecule has 0 saturated carbocycles. The van der Waals surface area contributed by atoms with E-state index >= 15 is 0 Å². The molecule has 1 unspecified atom stereocenters. The molecule has 16 heavy (non-hydrogen) atoms. The predicted octanol–water partition coefficient (Wildman–Crippen LogP) is 3.35. The number of benzene rings is 1. The average Bonchev–Trinajstić information content (AvgIpc) is 2.80. The molecule has 0 bridgehead atoms. The van der Waals surface area contributed by atoms with Crippen molar-refractivity contribution in [2.75, 3.05) is 0 Å². The molecule has 0 fully saturated rings. The first-order valence-corrected chi connectivity index (χ1v) is 6.19. The van der Waals surface area contributed by atoms with Gasteiger partial charge in [0.2, 0.25) is 0 Å².